The number of nitrogens with two attached hydrogens (primary N) is 1. The number of anilines is 3. The zero-order chi connectivity index (χ0) is 14.1. The van der Waals surface area contributed by atoms with Gasteiger partial charge in [-0.3, -0.25) is 0 Å². The van der Waals surface area contributed by atoms with Gasteiger partial charge in [-0.1, -0.05) is 24.3 Å². The Hall–Kier alpha value is -2.00. The normalized spacial score (nSPS) is 15.9. The molecule has 0 saturated carbocycles. The van der Waals surface area contributed by atoms with E-state index < -0.39 is 0 Å². The third kappa shape index (κ3) is 2.25. The molecule has 0 amide bonds. The molecule has 0 saturated heterocycles. The van der Waals surface area contributed by atoms with Crippen LogP contribution in [0.1, 0.15) is 18.5 Å². The number of benzene rings is 2. The highest BCUT2D eigenvalue weighted by Gasteiger charge is 2.20. The van der Waals surface area contributed by atoms with E-state index in [0.717, 1.165) is 13.1 Å². The Morgan fingerprint density at radius 2 is 1.60 bits per heavy atom. The quantitative estimate of drug-likeness (QED) is 0.906. The van der Waals surface area contributed by atoms with Crippen molar-refractivity contribution in [1.29, 1.82) is 0 Å². The number of nitrogens with zero attached hydrogens (tertiary/aromatic N) is 2. The summed E-state index contributed by atoms with van der Waals surface area (Å²) in [5.74, 6) is 0. The van der Waals surface area contributed by atoms with E-state index in [1.54, 1.807) is 0 Å². The number of rotatable bonds is 2. The number of likely N-dealkylation sites (N-methyl/N-ethyl adjacent to an activating group) is 1. The maximum atomic E-state index is 5.92. The van der Waals surface area contributed by atoms with Gasteiger partial charge >= 0.3 is 0 Å². The summed E-state index contributed by atoms with van der Waals surface area (Å²) in [6, 6.07) is 17.2. The minimum absolute atomic E-state index is 0.0869. The van der Waals surface area contributed by atoms with Gasteiger partial charge in [-0.15, -0.1) is 0 Å². The topological polar surface area (TPSA) is 32.5 Å². The summed E-state index contributed by atoms with van der Waals surface area (Å²) in [5.41, 5.74) is 10.9. The molecule has 1 heterocycles. The van der Waals surface area contributed by atoms with E-state index in [1.807, 2.05) is 6.92 Å². The smallest absolute Gasteiger partial charge is 0.0649 e. The molecule has 3 rings (SSSR count). The van der Waals surface area contributed by atoms with Gasteiger partial charge in [0.15, 0.2) is 0 Å². The molecule has 2 aromatic rings. The molecule has 3 heteroatoms. The van der Waals surface area contributed by atoms with Crippen LogP contribution in [0.3, 0.4) is 0 Å². The number of hydrogen-bond acceptors (Lipinski definition) is 3. The lowest BCUT2D eigenvalue weighted by Crippen LogP contribution is -2.36. The van der Waals surface area contributed by atoms with Gasteiger partial charge in [-0.05, 0) is 36.8 Å². The number of hydrogen-bond donors (Lipinski definition) is 1. The highest BCUT2D eigenvalue weighted by molar-refractivity contribution is 5.79. The molecule has 0 fully saturated rings. The van der Waals surface area contributed by atoms with Crippen LogP contribution in [0.4, 0.5) is 17.1 Å². The Bertz CT molecular complexity index is 589. The Morgan fingerprint density at radius 3 is 2.25 bits per heavy atom. The molecule has 0 spiro atoms. The zero-order valence-corrected chi connectivity index (χ0v) is 12.1. The minimum Gasteiger partial charge on any atom is -0.371 e. The van der Waals surface area contributed by atoms with Crippen LogP contribution >= 0.6 is 0 Å². The van der Waals surface area contributed by atoms with Crippen LogP contribution in [0.25, 0.3) is 0 Å². The molecule has 20 heavy (non-hydrogen) atoms. The van der Waals surface area contributed by atoms with Crippen LogP contribution in [0, 0.1) is 0 Å². The number of fused-ring (bicyclic) bond motifs is 1. The largest absolute Gasteiger partial charge is 0.371 e. The molecule has 2 N–H and O–H groups in total. The lowest BCUT2D eigenvalue weighted by atomic mass is 10.1. The molecule has 1 atom stereocenters. The summed E-state index contributed by atoms with van der Waals surface area (Å²) in [4.78, 5) is 4.68. The van der Waals surface area contributed by atoms with E-state index in [9.17, 15) is 0 Å². The maximum absolute atomic E-state index is 5.92. The van der Waals surface area contributed by atoms with Crippen molar-refractivity contribution in [2.24, 2.45) is 5.73 Å². The summed E-state index contributed by atoms with van der Waals surface area (Å²) in [6.45, 7) is 4.05. The van der Waals surface area contributed by atoms with Crippen molar-refractivity contribution in [2.75, 3.05) is 29.9 Å². The van der Waals surface area contributed by atoms with E-state index >= 15 is 0 Å². The van der Waals surface area contributed by atoms with Crippen molar-refractivity contribution in [3.63, 3.8) is 0 Å². The van der Waals surface area contributed by atoms with Gasteiger partial charge in [0.2, 0.25) is 0 Å². The zero-order valence-electron chi connectivity index (χ0n) is 12.1. The highest BCUT2D eigenvalue weighted by Crippen LogP contribution is 2.36. The predicted octanol–water partition coefficient (Wildman–Crippen LogP) is 3.29. The molecule has 0 radical (unpaired) electrons. The van der Waals surface area contributed by atoms with Gasteiger partial charge in [0.25, 0.3) is 0 Å². The highest BCUT2D eigenvalue weighted by atomic mass is 15.3. The standard InChI is InChI=1S/C17H21N3/c1-13(18)14-7-9-15(10-8-14)20-12-11-19(2)16-5-3-4-6-17(16)20/h3-10,13H,11-12,18H2,1-2H3. The van der Waals surface area contributed by atoms with Crippen LogP contribution in [0.15, 0.2) is 48.5 Å². The Labute approximate surface area is 120 Å². The lowest BCUT2D eigenvalue weighted by molar-refractivity contribution is 0.811. The molecule has 1 unspecified atom stereocenters. The second-order valence-corrected chi connectivity index (χ2v) is 5.44. The molecular formula is C17H21N3. The maximum Gasteiger partial charge on any atom is 0.0649 e. The van der Waals surface area contributed by atoms with Gasteiger partial charge in [-0.2, -0.15) is 0 Å². The third-order valence-corrected chi connectivity index (χ3v) is 3.97. The van der Waals surface area contributed by atoms with Crippen LogP contribution in [0.2, 0.25) is 0 Å². The van der Waals surface area contributed by atoms with E-state index in [1.165, 1.54) is 22.6 Å². The molecule has 0 aromatic heterocycles. The molecule has 1 aliphatic heterocycles. The van der Waals surface area contributed by atoms with Crippen molar-refractivity contribution in [3.8, 4) is 0 Å². The molecule has 0 bridgehead atoms. The Morgan fingerprint density at radius 1 is 0.950 bits per heavy atom. The second-order valence-electron chi connectivity index (χ2n) is 5.44. The van der Waals surface area contributed by atoms with E-state index in [4.69, 9.17) is 5.73 Å². The summed E-state index contributed by atoms with van der Waals surface area (Å²) < 4.78 is 0. The monoisotopic (exact) mass is 267 g/mol. The van der Waals surface area contributed by atoms with E-state index in [2.05, 4.69) is 65.4 Å². The van der Waals surface area contributed by atoms with Crippen LogP contribution < -0.4 is 15.5 Å². The van der Waals surface area contributed by atoms with Crippen molar-refractivity contribution in [2.45, 2.75) is 13.0 Å². The van der Waals surface area contributed by atoms with Gasteiger partial charge in [0.1, 0.15) is 0 Å². The van der Waals surface area contributed by atoms with Gasteiger partial charge in [-0.25, -0.2) is 0 Å². The van der Waals surface area contributed by atoms with Gasteiger partial charge in [0, 0.05) is 31.9 Å². The first-order chi connectivity index (χ1) is 9.66. The fraction of sp³-hybridized carbons (Fsp3) is 0.294. The Balaban J connectivity index is 1.97. The van der Waals surface area contributed by atoms with Crippen LogP contribution in [-0.4, -0.2) is 20.1 Å². The molecular weight excluding hydrogens is 246 g/mol. The van der Waals surface area contributed by atoms with Crippen molar-refractivity contribution >= 4 is 17.1 Å². The van der Waals surface area contributed by atoms with Gasteiger partial charge in [0.05, 0.1) is 11.4 Å². The molecule has 0 aliphatic carbocycles. The van der Waals surface area contributed by atoms with E-state index in [0.29, 0.717) is 0 Å². The summed E-state index contributed by atoms with van der Waals surface area (Å²) in [7, 11) is 2.15. The summed E-state index contributed by atoms with van der Waals surface area (Å²) in [5, 5.41) is 0. The predicted molar refractivity (Wildman–Crippen MR) is 85.8 cm³/mol. The Kier molecular flexibility index (Phi) is 3.36. The SMILES string of the molecule is CC(N)c1ccc(N2CCN(C)c3ccccc32)cc1. The van der Waals surface area contributed by atoms with Crippen molar-refractivity contribution in [3.05, 3.63) is 54.1 Å². The lowest BCUT2D eigenvalue weighted by Gasteiger charge is -2.37. The fourth-order valence-electron chi connectivity index (χ4n) is 2.73. The molecule has 104 valence electrons. The first-order valence-electron chi connectivity index (χ1n) is 7.10. The fourth-order valence-corrected chi connectivity index (χ4v) is 2.73. The average molecular weight is 267 g/mol. The second kappa shape index (κ2) is 5.17. The molecule has 1 aliphatic rings. The molecule has 2 aromatic carbocycles. The minimum atomic E-state index is 0.0869. The number of para-hydroxylation sites is 2. The van der Waals surface area contributed by atoms with Crippen LogP contribution in [0.5, 0.6) is 0 Å². The van der Waals surface area contributed by atoms with E-state index in [-0.39, 0.29) is 6.04 Å². The third-order valence-electron chi connectivity index (χ3n) is 3.97. The first-order valence-corrected chi connectivity index (χ1v) is 7.10. The summed E-state index contributed by atoms with van der Waals surface area (Å²) >= 11 is 0. The molecule has 3 nitrogen and oxygen atoms in total. The van der Waals surface area contributed by atoms with Crippen LogP contribution in [-0.2, 0) is 0 Å². The summed E-state index contributed by atoms with van der Waals surface area (Å²) in [6.07, 6.45) is 0. The van der Waals surface area contributed by atoms with Crippen molar-refractivity contribution < 1.29 is 0 Å². The van der Waals surface area contributed by atoms with Gasteiger partial charge < -0.3 is 15.5 Å². The first kappa shape index (κ1) is 13.0. The van der Waals surface area contributed by atoms with Crippen molar-refractivity contribution in [1.82, 2.24) is 0 Å². The average Bonchev–Trinajstić information content (AvgIpc) is 2.48.